The van der Waals surface area contributed by atoms with E-state index in [2.05, 4.69) is 10.2 Å². The molecule has 0 saturated heterocycles. The Morgan fingerprint density at radius 2 is 1.52 bits per heavy atom. The maximum atomic E-state index is 13.3. The highest BCUT2D eigenvalue weighted by Gasteiger charge is 2.19. The number of benzene rings is 2. The van der Waals surface area contributed by atoms with E-state index in [4.69, 9.17) is 34.8 Å². The number of hydrogen-bond acceptors (Lipinski definition) is 2. The van der Waals surface area contributed by atoms with Gasteiger partial charge in [0.05, 0.1) is 15.7 Å². The van der Waals surface area contributed by atoms with E-state index < -0.39 is 5.82 Å². The number of rotatable bonds is 2. The summed E-state index contributed by atoms with van der Waals surface area (Å²) in [5, 5.41) is 8.21. The van der Waals surface area contributed by atoms with Crippen molar-refractivity contribution in [3.8, 4) is 17.1 Å². The summed E-state index contributed by atoms with van der Waals surface area (Å²) in [5.74, 6) is -0.0600. The fourth-order valence-electron chi connectivity index (χ4n) is 1.99. The Morgan fingerprint density at radius 1 is 0.905 bits per heavy atom. The minimum absolute atomic E-state index is 0.0873. The summed E-state index contributed by atoms with van der Waals surface area (Å²) in [7, 11) is 0. The van der Waals surface area contributed by atoms with Crippen LogP contribution in [0.5, 0.6) is 0 Å². The van der Waals surface area contributed by atoms with Crippen molar-refractivity contribution in [2.75, 3.05) is 0 Å². The van der Waals surface area contributed by atoms with E-state index >= 15 is 0 Å². The lowest BCUT2D eigenvalue weighted by Gasteiger charge is -2.12. The van der Waals surface area contributed by atoms with Gasteiger partial charge in [0.2, 0.25) is 5.28 Å². The summed E-state index contributed by atoms with van der Waals surface area (Å²) >= 11 is 18.3. The van der Waals surface area contributed by atoms with Crippen LogP contribution < -0.4 is 0 Å². The number of hydrogen-bond donors (Lipinski definition) is 0. The monoisotopic (exact) mass is 341 g/mol. The van der Waals surface area contributed by atoms with E-state index in [1.165, 1.54) is 4.57 Å². The average Bonchev–Trinajstić information content (AvgIpc) is 2.81. The molecule has 3 nitrogen and oxygen atoms in total. The van der Waals surface area contributed by atoms with Gasteiger partial charge in [-0.05, 0) is 23.7 Å². The Hall–Kier alpha value is -1.62. The van der Waals surface area contributed by atoms with Gasteiger partial charge in [-0.1, -0.05) is 53.5 Å². The standard InChI is InChI=1S/C14H7Cl3FN3/c15-10-6-9(18)7-11(16)12(10)21-13(19-20-14(21)17)8-4-2-1-3-5-8/h1-7H. The molecule has 0 aliphatic rings. The molecule has 0 spiro atoms. The highest BCUT2D eigenvalue weighted by atomic mass is 35.5. The van der Waals surface area contributed by atoms with E-state index in [1.807, 2.05) is 30.3 Å². The van der Waals surface area contributed by atoms with Gasteiger partial charge in [-0.15, -0.1) is 10.2 Å². The van der Waals surface area contributed by atoms with Crippen molar-refractivity contribution in [2.24, 2.45) is 0 Å². The molecule has 0 radical (unpaired) electrons. The van der Waals surface area contributed by atoms with E-state index in [0.29, 0.717) is 11.5 Å². The van der Waals surface area contributed by atoms with Crippen molar-refractivity contribution in [3.05, 3.63) is 63.6 Å². The third kappa shape index (κ3) is 2.62. The highest BCUT2D eigenvalue weighted by Crippen LogP contribution is 2.34. The third-order valence-electron chi connectivity index (χ3n) is 2.86. The third-order valence-corrected chi connectivity index (χ3v) is 3.68. The first-order chi connectivity index (χ1) is 10.1. The van der Waals surface area contributed by atoms with E-state index in [0.717, 1.165) is 17.7 Å². The van der Waals surface area contributed by atoms with Crippen molar-refractivity contribution in [1.82, 2.24) is 14.8 Å². The predicted octanol–water partition coefficient (Wildman–Crippen LogP) is 5.03. The van der Waals surface area contributed by atoms with E-state index in [-0.39, 0.29) is 15.3 Å². The van der Waals surface area contributed by atoms with Gasteiger partial charge in [0, 0.05) is 5.56 Å². The summed E-state index contributed by atoms with van der Waals surface area (Å²) in [6.07, 6.45) is 0. The molecular formula is C14H7Cl3FN3. The summed E-state index contributed by atoms with van der Waals surface area (Å²) < 4.78 is 14.8. The first-order valence-electron chi connectivity index (χ1n) is 5.89. The maximum absolute atomic E-state index is 13.3. The summed E-state index contributed by atoms with van der Waals surface area (Å²) in [4.78, 5) is 0. The van der Waals surface area contributed by atoms with Gasteiger partial charge >= 0.3 is 0 Å². The van der Waals surface area contributed by atoms with Gasteiger partial charge in [-0.2, -0.15) is 0 Å². The van der Waals surface area contributed by atoms with Gasteiger partial charge in [0.15, 0.2) is 5.82 Å². The number of halogens is 4. The summed E-state index contributed by atoms with van der Waals surface area (Å²) in [6.45, 7) is 0. The molecular weight excluding hydrogens is 336 g/mol. The minimum atomic E-state index is -0.529. The Morgan fingerprint density at radius 3 is 2.14 bits per heavy atom. The zero-order chi connectivity index (χ0) is 15.0. The molecule has 0 aliphatic heterocycles. The van der Waals surface area contributed by atoms with Crippen LogP contribution in [0.2, 0.25) is 15.3 Å². The second kappa shape index (κ2) is 5.64. The number of aromatic nitrogens is 3. The largest absolute Gasteiger partial charge is 0.263 e. The molecule has 0 aliphatic carbocycles. The van der Waals surface area contributed by atoms with E-state index in [1.54, 1.807) is 0 Å². The molecule has 0 fully saturated rings. The van der Waals surface area contributed by atoms with Gasteiger partial charge in [0.1, 0.15) is 5.82 Å². The molecule has 3 rings (SSSR count). The lowest BCUT2D eigenvalue weighted by Crippen LogP contribution is -2.00. The van der Waals surface area contributed by atoms with Crippen molar-refractivity contribution < 1.29 is 4.39 Å². The van der Waals surface area contributed by atoms with Crippen LogP contribution in [0.25, 0.3) is 17.1 Å². The van der Waals surface area contributed by atoms with Gasteiger partial charge < -0.3 is 0 Å². The normalized spacial score (nSPS) is 10.9. The molecule has 3 aromatic rings. The molecule has 1 heterocycles. The summed E-state index contributed by atoms with van der Waals surface area (Å²) in [5.41, 5.74) is 1.13. The van der Waals surface area contributed by atoms with Crippen LogP contribution in [0, 0.1) is 5.82 Å². The predicted molar refractivity (Wildman–Crippen MR) is 81.8 cm³/mol. The molecule has 2 aromatic carbocycles. The van der Waals surface area contributed by atoms with Gasteiger partial charge in [-0.3, -0.25) is 4.57 Å². The molecule has 0 atom stereocenters. The Balaban J connectivity index is 2.28. The van der Waals surface area contributed by atoms with Crippen molar-refractivity contribution in [3.63, 3.8) is 0 Å². The van der Waals surface area contributed by atoms with Crippen LogP contribution in [0.3, 0.4) is 0 Å². The first kappa shape index (κ1) is 14.3. The molecule has 7 heteroatoms. The smallest absolute Gasteiger partial charge is 0.230 e. The topological polar surface area (TPSA) is 30.7 Å². The fourth-order valence-corrected chi connectivity index (χ4v) is 2.82. The Bertz CT molecular complexity index is 779. The number of nitrogens with zero attached hydrogens (tertiary/aromatic N) is 3. The van der Waals surface area contributed by atoms with Gasteiger partial charge in [0.25, 0.3) is 0 Å². The SMILES string of the molecule is Fc1cc(Cl)c(-n2c(Cl)nnc2-c2ccccc2)c(Cl)c1. The lowest BCUT2D eigenvalue weighted by molar-refractivity contribution is 0.627. The van der Waals surface area contributed by atoms with E-state index in [9.17, 15) is 4.39 Å². The van der Waals surface area contributed by atoms with Crippen molar-refractivity contribution >= 4 is 34.8 Å². The van der Waals surface area contributed by atoms with Crippen molar-refractivity contribution in [1.29, 1.82) is 0 Å². The quantitative estimate of drug-likeness (QED) is 0.653. The molecule has 0 saturated carbocycles. The summed E-state index contributed by atoms with van der Waals surface area (Å²) in [6, 6.07) is 11.6. The molecule has 0 bridgehead atoms. The fraction of sp³-hybridized carbons (Fsp3) is 0. The molecule has 0 N–H and O–H groups in total. The van der Waals surface area contributed by atoms with Crippen LogP contribution in [-0.2, 0) is 0 Å². The Labute approximate surface area is 134 Å². The zero-order valence-corrected chi connectivity index (χ0v) is 12.7. The van der Waals surface area contributed by atoms with Crippen LogP contribution in [0.1, 0.15) is 0 Å². The molecule has 0 unspecified atom stereocenters. The highest BCUT2D eigenvalue weighted by molar-refractivity contribution is 6.38. The minimum Gasteiger partial charge on any atom is -0.263 e. The molecule has 21 heavy (non-hydrogen) atoms. The van der Waals surface area contributed by atoms with Crippen LogP contribution in [0.4, 0.5) is 4.39 Å². The first-order valence-corrected chi connectivity index (χ1v) is 7.02. The zero-order valence-electron chi connectivity index (χ0n) is 10.4. The van der Waals surface area contributed by atoms with Crippen LogP contribution in [0.15, 0.2) is 42.5 Å². The van der Waals surface area contributed by atoms with Crippen LogP contribution in [-0.4, -0.2) is 14.8 Å². The average molecular weight is 343 g/mol. The Kier molecular flexibility index (Phi) is 3.85. The maximum Gasteiger partial charge on any atom is 0.230 e. The lowest BCUT2D eigenvalue weighted by atomic mass is 10.2. The molecule has 106 valence electrons. The molecule has 0 amide bonds. The van der Waals surface area contributed by atoms with Crippen LogP contribution >= 0.6 is 34.8 Å². The van der Waals surface area contributed by atoms with Gasteiger partial charge in [-0.25, -0.2) is 4.39 Å². The second-order valence-electron chi connectivity index (χ2n) is 4.21. The molecule has 1 aromatic heterocycles. The second-order valence-corrected chi connectivity index (χ2v) is 5.36. The van der Waals surface area contributed by atoms with Crippen molar-refractivity contribution in [2.45, 2.75) is 0 Å².